The zero-order valence-electron chi connectivity index (χ0n) is 19.2. The number of benzene rings is 1. The largest absolute Gasteiger partial charge is 0.480 e. The second-order valence-corrected chi connectivity index (χ2v) is 12.0. The number of hydrogen-bond acceptors (Lipinski definition) is 5. The fourth-order valence-corrected chi connectivity index (χ4v) is 6.09. The summed E-state index contributed by atoms with van der Waals surface area (Å²) >= 11 is 2.30. The van der Waals surface area contributed by atoms with Crippen molar-refractivity contribution in [3.63, 3.8) is 0 Å². The SMILES string of the molecule is CC(C)(Sc1cnc(NC(=O)N(CCc2ccc(F)c(F)c2F)[C@H]2CC[C@H](C)CC2)s1)C(=O)O. The van der Waals surface area contributed by atoms with E-state index in [1.807, 2.05) is 0 Å². The summed E-state index contributed by atoms with van der Waals surface area (Å²) < 4.78 is 40.7. The van der Waals surface area contributed by atoms with Gasteiger partial charge >= 0.3 is 12.0 Å². The molecule has 3 rings (SSSR count). The number of thiazole rings is 1. The fraction of sp³-hybridized carbons (Fsp3) is 0.522. The predicted octanol–water partition coefficient (Wildman–Crippen LogP) is 6.17. The first-order valence-corrected chi connectivity index (χ1v) is 12.7. The zero-order valence-corrected chi connectivity index (χ0v) is 20.9. The van der Waals surface area contributed by atoms with Crippen LogP contribution >= 0.6 is 23.1 Å². The van der Waals surface area contributed by atoms with Crippen LogP contribution in [-0.4, -0.2) is 44.3 Å². The number of hydrogen-bond donors (Lipinski definition) is 2. The van der Waals surface area contributed by atoms with Gasteiger partial charge in [-0.15, -0.1) is 0 Å². The number of amides is 2. The molecule has 0 saturated heterocycles. The van der Waals surface area contributed by atoms with Crippen molar-refractivity contribution in [2.75, 3.05) is 11.9 Å². The highest BCUT2D eigenvalue weighted by Crippen LogP contribution is 2.37. The molecule has 2 aromatic rings. The molecule has 0 atom stereocenters. The van der Waals surface area contributed by atoms with Crippen LogP contribution in [0, 0.1) is 23.4 Å². The van der Waals surface area contributed by atoms with Crippen molar-refractivity contribution < 1.29 is 27.9 Å². The summed E-state index contributed by atoms with van der Waals surface area (Å²) in [6.07, 6.45) is 5.04. The molecule has 2 amide bonds. The summed E-state index contributed by atoms with van der Waals surface area (Å²) in [6.45, 7) is 5.46. The van der Waals surface area contributed by atoms with Gasteiger partial charge in [0.2, 0.25) is 0 Å². The molecule has 0 spiro atoms. The van der Waals surface area contributed by atoms with E-state index in [2.05, 4.69) is 17.2 Å². The van der Waals surface area contributed by atoms with Gasteiger partial charge in [0.1, 0.15) is 4.75 Å². The number of halogens is 3. The third-order valence-corrected chi connectivity index (χ3v) is 8.19. The van der Waals surface area contributed by atoms with Crippen molar-refractivity contribution in [3.8, 4) is 0 Å². The number of urea groups is 1. The topological polar surface area (TPSA) is 82.5 Å². The Morgan fingerprint density at radius 3 is 2.53 bits per heavy atom. The van der Waals surface area contributed by atoms with Crippen LogP contribution in [0.1, 0.15) is 52.0 Å². The molecule has 0 aliphatic heterocycles. The summed E-state index contributed by atoms with van der Waals surface area (Å²) in [7, 11) is 0. The van der Waals surface area contributed by atoms with Crippen LogP contribution in [0.4, 0.5) is 23.1 Å². The van der Waals surface area contributed by atoms with E-state index in [-0.39, 0.29) is 24.6 Å². The summed E-state index contributed by atoms with van der Waals surface area (Å²) in [5.41, 5.74) is 0.00437. The number of nitrogens with zero attached hydrogens (tertiary/aromatic N) is 2. The summed E-state index contributed by atoms with van der Waals surface area (Å²) in [6, 6.07) is 1.60. The number of carbonyl (C=O) groups is 2. The molecular weight excluding hydrogens is 487 g/mol. The lowest BCUT2D eigenvalue weighted by Gasteiger charge is -2.36. The summed E-state index contributed by atoms with van der Waals surface area (Å²) in [5.74, 6) is -4.41. The minimum Gasteiger partial charge on any atom is -0.480 e. The van der Waals surface area contributed by atoms with E-state index in [1.165, 1.54) is 23.6 Å². The Morgan fingerprint density at radius 1 is 1.21 bits per heavy atom. The normalized spacial score (nSPS) is 18.5. The van der Waals surface area contributed by atoms with Crippen molar-refractivity contribution in [2.24, 2.45) is 5.92 Å². The zero-order chi connectivity index (χ0) is 25.0. The van der Waals surface area contributed by atoms with Gasteiger partial charge in [0, 0.05) is 12.6 Å². The second kappa shape index (κ2) is 11.0. The lowest BCUT2D eigenvalue weighted by atomic mass is 9.86. The second-order valence-electron chi connectivity index (χ2n) is 9.02. The van der Waals surface area contributed by atoms with Crippen molar-refractivity contribution in [3.05, 3.63) is 41.3 Å². The van der Waals surface area contributed by atoms with Crippen LogP contribution in [0.5, 0.6) is 0 Å². The Labute approximate surface area is 204 Å². The number of carboxylic acid groups (broad SMARTS) is 1. The third kappa shape index (κ3) is 6.44. The molecule has 11 heteroatoms. The van der Waals surface area contributed by atoms with Gasteiger partial charge in [0.05, 0.1) is 10.4 Å². The van der Waals surface area contributed by atoms with Gasteiger partial charge in [-0.3, -0.25) is 10.1 Å². The molecule has 1 aliphatic carbocycles. The van der Waals surface area contributed by atoms with E-state index in [0.717, 1.165) is 43.5 Å². The molecule has 1 saturated carbocycles. The molecule has 0 radical (unpaired) electrons. The van der Waals surface area contributed by atoms with E-state index in [9.17, 15) is 27.9 Å². The number of carbonyl (C=O) groups excluding carboxylic acids is 1. The van der Waals surface area contributed by atoms with E-state index in [1.54, 1.807) is 18.7 Å². The maximum atomic E-state index is 14.2. The number of rotatable bonds is 8. The Hall–Kier alpha value is -2.27. The van der Waals surface area contributed by atoms with Gasteiger partial charge in [0.25, 0.3) is 0 Å². The number of thioether (sulfide) groups is 1. The molecule has 2 N–H and O–H groups in total. The molecule has 1 aliphatic rings. The van der Waals surface area contributed by atoms with Crippen LogP contribution in [0.2, 0.25) is 0 Å². The molecule has 1 aromatic heterocycles. The number of anilines is 1. The van der Waals surface area contributed by atoms with Crippen molar-refractivity contribution in [1.82, 2.24) is 9.88 Å². The molecular formula is C23H28F3N3O3S2. The summed E-state index contributed by atoms with van der Waals surface area (Å²) in [4.78, 5) is 30.3. The quantitative estimate of drug-likeness (QED) is 0.325. The van der Waals surface area contributed by atoms with Crippen LogP contribution < -0.4 is 5.32 Å². The maximum absolute atomic E-state index is 14.2. The Kier molecular flexibility index (Phi) is 8.51. The Bertz CT molecular complexity index is 1040. The highest BCUT2D eigenvalue weighted by atomic mass is 32.2. The number of aliphatic carboxylic acids is 1. The van der Waals surface area contributed by atoms with Crippen LogP contribution in [0.3, 0.4) is 0 Å². The van der Waals surface area contributed by atoms with Crippen LogP contribution in [0.25, 0.3) is 0 Å². The van der Waals surface area contributed by atoms with Crippen molar-refractivity contribution in [1.29, 1.82) is 0 Å². The van der Waals surface area contributed by atoms with Gasteiger partial charge in [-0.25, -0.2) is 22.9 Å². The number of nitrogens with one attached hydrogen (secondary N) is 1. The average molecular weight is 516 g/mol. The highest BCUT2D eigenvalue weighted by molar-refractivity contribution is 8.03. The van der Waals surface area contributed by atoms with Gasteiger partial charge in [-0.2, -0.15) is 0 Å². The van der Waals surface area contributed by atoms with E-state index >= 15 is 0 Å². The van der Waals surface area contributed by atoms with Gasteiger partial charge in [-0.1, -0.05) is 36.1 Å². The molecule has 1 heterocycles. The Morgan fingerprint density at radius 2 is 1.88 bits per heavy atom. The monoisotopic (exact) mass is 515 g/mol. The van der Waals surface area contributed by atoms with Crippen molar-refractivity contribution >= 4 is 40.2 Å². The first kappa shape index (κ1) is 26.3. The third-order valence-electron chi connectivity index (χ3n) is 5.99. The van der Waals surface area contributed by atoms with Crippen LogP contribution in [0.15, 0.2) is 22.5 Å². The van der Waals surface area contributed by atoms with Gasteiger partial charge in [0.15, 0.2) is 22.6 Å². The lowest BCUT2D eigenvalue weighted by molar-refractivity contribution is -0.138. The smallest absolute Gasteiger partial charge is 0.323 e. The van der Waals surface area contributed by atoms with E-state index in [4.69, 9.17) is 0 Å². The first-order valence-electron chi connectivity index (χ1n) is 11.1. The van der Waals surface area contributed by atoms with E-state index in [0.29, 0.717) is 15.3 Å². The van der Waals surface area contributed by atoms with Crippen molar-refractivity contribution in [2.45, 2.75) is 67.9 Å². The summed E-state index contributed by atoms with van der Waals surface area (Å²) in [5, 5.41) is 12.4. The molecule has 0 bridgehead atoms. The maximum Gasteiger partial charge on any atom is 0.323 e. The van der Waals surface area contributed by atoms with Gasteiger partial charge in [-0.05, 0) is 63.5 Å². The molecule has 0 unspecified atom stereocenters. The first-order chi connectivity index (χ1) is 16.0. The van der Waals surface area contributed by atoms with Gasteiger partial charge < -0.3 is 10.0 Å². The number of aromatic nitrogens is 1. The average Bonchev–Trinajstić information content (AvgIpc) is 3.20. The molecule has 1 fully saturated rings. The Balaban J connectivity index is 1.72. The molecule has 186 valence electrons. The fourth-order valence-electron chi connectivity index (χ4n) is 3.83. The predicted molar refractivity (Wildman–Crippen MR) is 127 cm³/mol. The highest BCUT2D eigenvalue weighted by Gasteiger charge is 2.31. The number of carboxylic acids is 1. The minimum absolute atomic E-state index is 0.00437. The standard InChI is InChI=1S/C23H28F3N3O3S2/c1-13-4-7-15(8-5-13)29(11-10-14-6-9-16(24)19(26)18(14)25)22(32)28-21-27-12-17(33-21)34-23(2,3)20(30)31/h6,9,12-13,15H,4-5,7-8,10-11H2,1-3H3,(H,30,31)(H,27,28,32)/t13-,15-. The lowest BCUT2D eigenvalue weighted by Crippen LogP contribution is -2.45. The molecule has 34 heavy (non-hydrogen) atoms. The molecule has 6 nitrogen and oxygen atoms in total. The minimum atomic E-state index is -1.52. The molecule has 1 aromatic carbocycles. The van der Waals surface area contributed by atoms with E-state index < -0.39 is 34.2 Å². The van der Waals surface area contributed by atoms with Crippen LogP contribution in [-0.2, 0) is 11.2 Å².